The van der Waals surface area contributed by atoms with E-state index in [9.17, 15) is 4.79 Å². The third-order valence-corrected chi connectivity index (χ3v) is 2.49. The minimum Gasteiger partial charge on any atom is -0.483 e. The molecule has 1 aromatic carbocycles. The highest BCUT2D eigenvalue weighted by Crippen LogP contribution is 2.28. The first-order valence-corrected chi connectivity index (χ1v) is 5.75. The predicted molar refractivity (Wildman–Crippen MR) is 70.3 cm³/mol. The average Bonchev–Trinajstić information content (AvgIpc) is 2.39. The monoisotopic (exact) mass is 245 g/mol. The Labute approximate surface area is 105 Å². The Bertz CT molecular complexity index is 569. The second kappa shape index (κ2) is 5.35. The second-order valence-corrected chi connectivity index (χ2v) is 3.79. The van der Waals surface area contributed by atoms with Crippen molar-refractivity contribution in [1.82, 2.24) is 10.3 Å². The Morgan fingerprint density at radius 2 is 2.28 bits per heavy atom. The number of anilines is 1. The number of nitrogens with one attached hydrogen (secondary N) is 1. The number of rotatable bonds is 4. The van der Waals surface area contributed by atoms with Crippen molar-refractivity contribution in [1.29, 1.82) is 0 Å². The van der Waals surface area contributed by atoms with Gasteiger partial charge >= 0.3 is 0 Å². The molecule has 0 aliphatic rings. The number of hydrogen-bond donors (Lipinski definition) is 2. The maximum atomic E-state index is 11.3. The standard InChI is InChI=1S/C13H15N3O2/c1-2-15-12(17)8-18-11-6-5-10(14)13-9(11)4-3-7-16-13/h3-7H,2,8,14H2,1H3,(H,15,17). The van der Waals surface area contributed by atoms with Crippen molar-refractivity contribution in [3.63, 3.8) is 0 Å². The van der Waals surface area contributed by atoms with Gasteiger partial charge in [0.25, 0.3) is 5.91 Å². The average molecular weight is 245 g/mol. The molecule has 94 valence electrons. The Hall–Kier alpha value is -2.30. The molecule has 18 heavy (non-hydrogen) atoms. The van der Waals surface area contributed by atoms with Gasteiger partial charge < -0.3 is 15.8 Å². The van der Waals surface area contributed by atoms with Gasteiger partial charge in [-0.25, -0.2) is 0 Å². The Kier molecular flexibility index (Phi) is 3.62. The molecule has 0 unspecified atom stereocenters. The van der Waals surface area contributed by atoms with Crippen LogP contribution < -0.4 is 15.8 Å². The summed E-state index contributed by atoms with van der Waals surface area (Å²) in [5.41, 5.74) is 7.11. The minimum absolute atomic E-state index is 0.0122. The van der Waals surface area contributed by atoms with Crippen molar-refractivity contribution < 1.29 is 9.53 Å². The number of amides is 1. The number of nitrogen functional groups attached to an aromatic ring is 1. The van der Waals surface area contributed by atoms with E-state index in [0.717, 1.165) is 5.39 Å². The van der Waals surface area contributed by atoms with Crippen molar-refractivity contribution >= 4 is 22.5 Å². The van der Waals surface area contributed by atoms with E-state index in [1.54, 1.807) is 24.4 Å². The lowest BCUT2D eigenvalue weighted by Crippen LogP contribution is -2.28. The molecule has 0 fully saturated rings. The highest BCUT2D eigenvalue weighted by molar-refractivity contribution is 5.94. The first-order valence-electron chi connectivity index (χ1n) is 5.75. The topological polar surface area (TPSA) is 77.2 Å². The molecule has 0 aliphatic carbocycles. The summed E-state index contributed by atoms with van der Waals surface area (Å²) in [7, 11) is 0. The second-order valence-electron chi connectivity index (χ2n) is 3.79. The zero-order chi connectivity index (χ0) is 13.0. The zero-order valence-electron chi connectivity index (χ0n) is 10.1. The van der Waals surface area contributed by atoms with Crippen LogP contribution in [-0.2, 0) is 4.79 Å². The quantitative estimate of drug-likeness (QED) is 0.797. The lowest BCUT2D eigenvalue weighted by molar-refractivity contribution is -0.122. The zero-order valence-corrected chi connectivity index (χ0v) is 10.1. The van der Waals surface area contributed by atoms with Gasteiger partial charge in [0.2, 0.25) is 0 Å². The largest absolute Gasteiger partial charge is 0.483 e. The van der Waals surface area contributed by atoms with Crippen molar-refractivity contribution in [2.75, 3.05) is 18.9 Å². The van der Waals surface area contributed by atoms with Crippen molar-refractivity contribution in [2.45, 2.75) is 6.92 Å². The number of carbonyl (C=O) groups is 1. The normalized spacial score (nSPS) is 10.3. The number of carbonyl (C=O) groups excluding carboxylic acids is 1. The summed E-state index contributed by atoms with van der Waals surface area (Å²) >= 11 is 0. The van der Waals surface area contributed by atoms with E-state index < -0.39 is 0 Å². The Balaban J connectivity index is 2.24. The third kappa shape index (κ3) is 2.51. The lowest BCUT2D eigenvalue weighted by atomic mass is 10.2. The van der Waals surface area contributed by atoms with Gasteiger partial charge in [0.1, 0.15) is 5.75 Å². The fourth-order valence-electron chi connectivity index (χ4n) is 1.69. The molecule has 2 aromatic rings. The molecule has 1 heterocycles. The molecule has 0 saturated carbocycles. The van der Waals surface area contributed by atoms with Crippen LogP contribution in [-0.4, -0.2) is 24.0 Å². The molecule has 0 aliphatic heterocycles. The number of hydrogen-bond acceptors (Lipinski definition) is 4. The van der Waals surface area contributed by atoms with E-state index in [2.05, 4.69) is 10.3 Å². The van der Waals surface area contributed by atoms with Crippen molar-refractivity contribution in [3.05, 3.63) is 30.5 Å². The van der Waals surface area contributed by atoms with Gasteiger partial charge in [-0.15, -0.1) is 0 Å². The van der Waals surface area contributed by atoms with Crippen LogP contribution in [0.15, 0.2) is 30.5 Å². The van der Waals surface area contributed by atoms with Crippen LogP contribution in [0.5, 0.6) is 5.75 Å². The van der Waals surface area contributed by atoms with Crippen molar-refractivity contribution in [3.8, 4) is 5.75 Å². The summed E-state index contributed by atoms with van der Waals surface area (Å²) in [6.07, 6.45) is 1.67. The SMILES string of the molecule is CCNC(=O)COc1ccc(N)c2ncccc12. The number of fused-ring (bicyclic) bond motifs is 1. The van der Waals surface area contributed by atoms with E-state index in [1.165, 1.54) is 0 Å². The molecular formula is C13H15N3O2. The van der Waals surface area contributed by atoms with Gasteiger partial charge in [0.05, 0.1) is 11.2 Å². The van der Waals surface area contributed by atoms with E-state index in [4.69, 9.17) is 10.5 Å². The first kappa shape index (κ1) is 12.2. The van der Waals surface area contributed by atoms with Crippen LogP contribution in [0.1, 0.15) is 6.92 Å². The molecule has 0 radical (unpaired) electrons. The summed E-state index contributed by atoms with van der Waals surface area (Å²) in [5.74, 6) is 0.463. The van der Waals surface area contributed by atoms with Crippen LogP contribution in [0, 0.1) is 0 Å². The number of likely N-dealkylation sites (N-methyl/N-ethyl adjacent to an activating group) is 1. The molecule has 2 rings (SSSR count). The predicted octanol–water partition coefficient (Wildman–Crippen LogP) is 1.33. The van der Waals surface area contributed by atoms with Gasteiger partial charge in [-0.2, -0.15) is 0 Å². The van der Waals surface area contributed by atoms with E-state index in [0.29, 0.717) is 23.5 Å². The van der Waals surface area contributed by atoms with E-state index in [-0.39, 0.29) is 12.5 Å². The minimum atomic E-state index is -0.147. The number of benzene rings is 1. The highest BCUT2D eigenvalue weighted by Gasteiger charge is 2.07. The summed E-state index contributed by atoms with van der Waals surface area (Å²) < 4.78 is 5.48. The number of aromatic nitrogens is 1. The maximum absolute atomic E-state index is 11.3. The molecule has 0 saturated heterocycles. The molecule has 0 atom stereocenters. The number of nitrogens with zero attached hydrogens (tertiary/aromatic N) is 1. The van der Waals surface area contributed by atoms with Crippen LogP contribution in [0.2, 0.25) is 0 Å². The van der Waals surface area contributed by atoms with Gasteiger partial charge in [0, 0.05) is 18.1 Å². The number of ether oxygens (including phenoxy) is 1. The van der Waals surface area contributed by atoms with E-state index in [1.807, 2.05) is 13.0 Å². The fraction of sp³-hybridized carbons (Fsp3) is 0.231. The smallest absolute Gasteiger partial charge is 0.257 e. The first-order chi connectivity index (χ1) is 8.72. The third-order valence-electron chi connectivity index (χ3n) is 2.49. The van der Waals surface area contributed by atoms with Gasteiger partial charge in [-0.1, -0.05) is 0 Å². The summed E-state index contributed by atoms with van der Waals surface area (Å²) in [4.78, 5) is 15.5. The summed E-state index contributed by atoms with van der Waals surface area (Å²) in [6, 6.07) is 7.15. The molecule has 1 aromatic heterocycles. The molecular weight excluding hydrogens is 230 g/mol. The van der Waals surface area contributed by atoms with Crippen LogP contribution in [0.25, 0.3) is 10.9 Å². The molecule has 1 amide bonds. The summed E-state index contributed by atoms with van der Waals surface area (Å²) in [6.45, 7) is 2.44. The van der Waals surface area contributed by atoms with Crippen LogP contribution in [0.4, 0.5) is 5.69 Å². The maximum Gasteiger partial charge on any atom is 0.257 e. The molecule has 0 spiro atoms. The number of pyridine rings is 1. The van der Waals surface area contributed by atoms with Crippen LogP contribution in [0.3, 0.4) is 0 Å². The lowest BCUT2D eigenvalue weighted by Gasteiger charge is -2.09. The van der Waals surface area contributed by atoms with Crippen LogP contribution >= 0.6 is 0 Å². The van der Waals surface area contributed by atoms with Gasteiger partial charge in [-0.3, -0.25) is 9.78 Å². The highest BCUT2D eigenvalue weighted by atomic mass is 16.5. The fourth-order valence-corrected chi connectivity index (χ4v) is 1.69. The molecule has 5 nitrogen and oxygen atoms in total. The molecule has 3 N–H and O–H groups in total. The Morgan fingerprint density at radius 1 is 1.44 bits per heavy atom. The van der Waals surface area contributed by atoms with Gasteiger partial charge in [0.15, 0.2) is 6.61 Å². The Morgan fingerprint density at radius 3 is 3.06 bits per heavy atom. The van der Waals surface area contributed by atoms with E-state index >= 15 is 0 Å². The molecule has 0 bridgehead atoms. The number of nitrogens with two attached hydrogens (primary N) is 1. The van der Waals surface area contributed by atoms with Gasteiger partial charge in [-0.05, 0) is 31.2 Å². The van der Waals surface area contributed by atoms with Crippen molar-refractivity contribution in [2.24, 2.45) is 0 Å². The summed E-state index contributed by atoms with van der Waals surface area (Å²) in [5, 5.41) is 3.48. The molecule has 5 heteroatoms.